The molecule has 0 saturated carbocycles. The molecule has 2 heterocycles. The number of rotatable bonds is 2. The lowest BCUT2D eigenvalue weighted by atomic mass is 10.00. The highest BCUT2D eigenvalue weighted by molar-refractivity contribution is 14.1. The van der Waals surface area contributed by atoms with Crippen molar-refractivity contribution in [3.05, 3.63) is 20.9 Å². The van der Waals surface area contributed by atoms with Crippen molar-refractivity contribution in [3.8, 4) is 0 Å². The number of halogens is 2. The summed E-state index contributed by atoms with van der Waals surface area (Å²) >= 11 is 8.31. The van der Waals surface area contributed by atoms with Crippen LogP contribution in [0.25, 0.3) is 0 Å². The molecule has 0 aliphatic carbocycles. The van der Waals surface area contributed by atoms with Gasteiger partial charge in [0.1, 0.15) is 5.82 Å². The number of pyridine rings is 1. The van der Waals surface area contributed by atoms with Crippen LogP contribution in [0.15, 0.2) is 12.3 Å². The van der Waals surface area contributed by atoms with Crippen LogP contribution in [0.4, 0.5) is 5.82 Å². The van der Waals surface area contributed by atoms with E-state index in [0.29, 0.717) is 12.0 Å². The van der Waals surface area contributed by atoms with Crippen molar-refractivity contribution in [2.24, 2.45) is 5.92 Å². The quantitative estimate of drug-likeness (QED) is 0.736. The van der Waals surface area contributed by atoms with E-state index in [1.54, 1.807) is 6.20 Å². The largest absolute Gasteiger partial charge is 0.351 e. The molecule has 1 aliphatic heterocycles. The molecule has 0 bridgehead atoms. The van der Waals surface area contributed by atoms with Crippen molar-refractivity contribution < 1.29 is 0 Å². The number of piperazine rings is 1. The molecule has 1 aromatic rings. The van der Waals surface area contributed by atoms with Crippen LogP contribution in [0.3, 0.4) is 0 Å². The third-order valence-corrected chi connectivity index (χ3v) is 4.99. The number of aromatic nitrogens is 1. The summed E-state index contributed by atoms with van der Waals surface area (Å²) in [6, 6.07) is 2.61. The summed E-state index contributed by atoms with van der Waals surface area (Å²) in [5, 5.41) is 0.731. The Morgan fingerprint density at radius 3 is 2.78 bits per heavy atom. The van der Waals surface area contributed by atoms with Gasteiger partial charge in [0, 0.05) is 35.4 Å². The molecule has 1 aromatic heterocycles. The molecule has 0 spiro atoms. The summed E-state index contributed by atoms with van der Waals surface area (Å²) in [7, 11) is 2.19. The maximum atomic E-state index is 6.04. The van der Waals surface area contributed by atoms with Gasteiger partial charge in [-0.2, -0.15) is 0 Å². The zero-order chi connectivity index (χ0) is 13.3. The molecular formula is C13H19ClIN3. The van der Waals surface area contributed by atoms with Gasteiger partial charge in [-0.25, -0.2) is 4.98 Å². The monoisotopic (exact) mass is 379 g/mol. The van der Waals surface area contributed by atoms with E-state index in [9.17, 15) is 0 Å². The van der Waals surface area contributed by atoms with Crippen LogP contribution < -0.4 is 4.90 Å². The van der Waals surface area contributed by atoms with Gasteiger partial charge >= 0.3 is 0 Å². The van der Waals surface area contributed by atoms with Crippen molar-refractivity contribution in [2.75, 3.05) is 31.6 Å². The van der Waals surface area contributed by atoms with E-state index in [1.165, 1.54) is 0 Å². The van der Waals surface area contributed by atoms with E-state index in [-0.39, 0.29) is 0 Å². The lowest BCUT2D eigenvalue weighted by Gasteiger charge is -2.43. The molecule has 18 heavy (non-hydrogen) atoms. The molecule has 3 nitrogen and oxygen atoms in total. The number of anilines is 1. The highest BCUT2D eigenvalue weighted by atomic mass is 127. The smallest absolute Gasteiger partial charge is 0.129 e. The lowest BCUT2D eigenvalue weighted by Crippen LogP contribution is -2.54. The lowest BCUT2D eigenvalue weighted by molar-refractivity contribution is 0.236. The van der Waals surface area contributed by atoms with Gasteiger partial charge in [-0.1, -0.05) is 25.4 Å². The van der Waals surface area contributed by atoms with Crippen molar-refractivity contribution in [2.45, 2.75) is 19.9 Å². The average molecular weight is 380 g/mol. The second-order valence-electron chi connectivity index (χ2n) is 5.22. The Morgan fingerprint density at radius 2 is 2.17 bits per heavy atom. The third-order valence-electron chi connectivity index (χ3n) is 3.48. The van der Waals surface area contributed by atoms with Gasteiger partial charge in [0.05, 0.1) is 5.02 Å². The molecule has 0 unspecified atom stereocenters. The van der Waals surface area contributed by atoms with Crippen LogP contribution in [0.1, 0.15) is 13.8 Å². The van der Waals surface area contributed by atoms with Crippen molar-refractivity contribution >= 4 is 40.0 Å². The Balaban J connectivity index is 2.26. The fourth-order valence-electron chi connectivity index (χ4n) is 2.37. The maximum Gasteiger partial charge on any atom is 0.129 e. The summed E-state index contributed by atoms with van der Waals surface area (Å²) in [5.74, 6) is 1.67. The highest BCUT2D eigenvalue weighted by Crippen LogP contribution is 2.26. The van der Waals surface area contributed by atoms with Crippen LogP contribution >= 0.6 is 34.2 Å². The molecule has 0 N–H and O–H groups in total. The normalized spacial score (nSPS) is 21.7. The van der Waals surface area contributed by atoms with E-state index < -0.39 is 0 Å². The fraction of sp³-hybridized carbons (Fsp3) is 0.615. The van der Waals surface area contributed by atoms with Crippen molar-refractivity contribution in [1.29, 1.82) is 0 Å². The van der Waals surface area contributed by atoms with Gasteiger partial charge in [0.25, 0.3) is 0 Å². The number of hydrogen-bond acceptors (Lipinski definition) is 3. The molecule has 100 valence electrons. The van der Waals surface area contributed by atoms with E-state index in [4.69, 9.17) is 11.6 Å². The molecule has 1 aliphatic rings. The molecular weight excluding hydrogens is 361 g/mol. The minimum Gasteiger partial charge on any atom is -0.351 e. The first-order valence-electron chi connectivity index (χ1n) is 6.25. The summed E-state index contributed by atoms with van der Waals surface area (Å²) in [6.45, 7) is 7.77. The topological polar surface area (TPSA) is 19.4 Å². The van der Waals surface area contributed by atoms with Crippen LogP contribution in [0, 0.1) is 9.49 Å². The minimum absolute atomic E-state index is 0.522. The molecule has 2 rings (SSSR count). The second kappa shape index (κ2) is 5.92. The molecule has 1 saturated heterocycles. The molecule has 0 amide bonds. The van der Waals surface area contributed by atoms with Gasteiger partial charge in [-0.05, 0) is 41.6 Å². The molecule has 1 atom stereocenters. The van der Waals surface area contributed by atoms with Gasteiger partial charge in [0.15, 0.2) is 0 Å². The third kappa shape index (κ3) is 3.08. The van der Waals surface area contributed by atoms with E-state index in [2.05, 4.69) is 64.3 Å². The van der Waals surface area contributed by atoms with E-state index in [1.807, 2.05) is 0 Å². The van der Waals surface area contributed by atoms with E-state index >= 15 is 0 Å². The predicted octanol–water partition coefficient (Wildman–Crippen LogP) is 3.12. The van der Waals surface area contributed by atoms with Crippen LogP contribution in [-0.4, -0.2) is 42.6 Å². The predicted molar refractivity (Wildman–Crippen MR) is 85.4 cm³/mol. The van der Waals surface area contributed by atoms with E-state index in [0.717, 1.165) is 34.0 Å². The first-order valence-corrected chi connectivity index (χ1v) is 7.71. The van der Waals surface area contributed by atoms with Crippen molar-refractivity contribution in [3.63, 3.8) is 0 Å². The number of hydrogen-bond donors (Lipinski definition) is 0. The molecule has 5 heteroatoms. The van der Waals surface area contributed by atoms with Crippen LogP contribution in [0.5, 0.6) is 0 Å². The summed E-state index contributed by atoms with van der Waals surface area (Å²) in [6.07, 6.45) is 1.76. The SMILES string of the molecule is CC(C)[C@H]1CN(C)CCN1c1cc(I)c(Cl)cn1. The summed E-state index contributed by atoms with van der Waals surface area (Å²) in [5.41, 5.74) is 0. The number of nitrogens with zero attached hydrogens (tertiary/aromatic N) is 3. The fourth-order valence-corrected chi connectivity index (χ4v) is 2.89. The van der Waals surface area contributed by atoms with Gasteiger partial charge in [0.2, 0.25) is 0 Å². The first kappa shape index (κ1) is 14.3. The maximum absolute atomic E-state index is 6.04. The zero-order valence-corrected chi connectivity index (χ0v) is 13.9. The Kier molecular flexibility index (Phi) is 4.72. The Labute approximate surface area is 128 Å². The minimum atomic E-state index is 0.522. The van der Waals surface area contributed by atoms with Crippen LogP contribution in [0.2, 0.25) is 5.02 Å². The summed E-state index contributed by atoms with van der Waals surface area (Å²) < 4.78 is 1.07. The highest BCUT2D eigenvalue weighted by Gasteiger charge is 2.28. The van der Waals surface area contributed by atoms with Gasteiger partial charge < -0.3 is 9.80 Å². The van der Waals surface area contributed by atoms with Gasteiger partial charge in [-0.3, -0.25) is 0 Å². The Bertz CT molecular complexity index is 425. The van der Waals surface area contributed by atoms with Crippen LogP contribution in [-0.2, 0) is 0 Å². The zero-order valence-electron chi connectivity index (χ0n) is 11.0. The standard InChI is InChI=1S/C13H19ClIN3/c1-9(2)12-8-17(3)4-5-18(12)13-6-11(15)10(14)7-16-13/h6-7,9,12H,4-5,8H2,1-3H3/t12-/m1/s1. The average Bonchev–Trinajstić information content (AvgIpc) is 2.32. The first-order chi connectivity index (χ1) is 8.49. The summed E-state index contributed by atoms with van der Waals surface area (Å²) in [4.78, 5) is 9.30. The number of likely N-dealkylation sites (N-methyl/N-ethyl adjacent to an activating group) is 1. The Morgan fingerprint density at radius 1 is 1.44 bits per heavy atom. The van der Waals surface area contributed by atoms with Gasteiger partial charge in [-0.15, -0.1) is 0 Å². The van der Waals surface area contributed by atoms with Crippen molar-refractivity contribution in [1.82, 2.24) is 9.88 Å². The second-order valence-corrected chi connectivity index (χ2v) is 6.79. The molecule has 1 fully saturated rings. The molecule has 0 radical (unpaired) electrons. The molecule has 0 aromatic carbocycles. The Hall–Kier alpha value is -0.0700.